The van der Waals surface area contributed by atoms with E-state index in [1.165, 1.54) is 0 Å². The van der Waals surface area contributed by atoms with Crippen molar-refractivity contribution in [2.24, 2.45) is 0 Å². The van der Waals surface area contributed by atoms with Crippen LogP contribution < -0.4 is 5.32 Å². The standard InChI is InChI=1S/C5H8Cl3NO3S/c6-5(7,8)3-4(10)9-1-2-13(11)12/h1-3H2,(H,9,10)(H,11,12)/p-1. The van der Waals surface area contributed by atoms with Gasteiger partial charge in [-0.3, -0.25) is 9.00 Å². The molecule has 1 N–H and O–H groups in total. The monoisotopic (exact) mass is 266 g/mol. The van der Waals surface area contributed by atoms with Crippen molar-refractivity contribution in [2.75, 3.05) is 12.3 Å². The van der Waals surface area contributed by atoms with Crippen LogP contribution in [0.1, 0.15) is 6.42 Å². The summed E-state index contributed by atoms with van der Waals surface area (Å²) < 4.78 is 18.4. The Bertz CT molecular complexity index is 206. The second kappa shape index (κ2) is 6.03. The van der Waals surface area contributed by atoms with Crippen molar-refractivity contribution in [2.45, 2.75) is 10.2 Å². The number of nitrogens with one attached hydrogen (secondary N) is 1. The Morgan fingerprint density at radius 3 is 2.38 bits per heavy atom. The molecule has 0 aromatic heterocycles. The van der Waals surface area contributed by atoms with Crippen LogP contribution in [0.3, 0.4) is 0 Å². The second-order valence-corrected chi connectivity index (χ2v) is 5.68. The first-order chi connectivity index (χ1) is 5.81. The third kappa shape index (κ3) is 10.4. The van der Waals surface area contributed by atoms with Crippen LogP contribution >= 0.6 is 34.8 Å². The molecule has 1 unspecified atom stereocenters. The van der Waals surface area contributed by atoms with E-state index in [4.69, 9.17) is 34.8 Å². The Kier molecular flexibility index (Phi) is 6.24. The van der Waals surface area contributed by atoms with E-state index in [1.807, 2.05) is 0 Å². The van der Waals surface area contributed by atoms with Crippen molar-refractivity contribution in [3.63, 3.8) is 0 Å². The summed E-state index contributed by atoms with van der Waals surface area (Å²) in [5.41, 5.74) is 0. The molecule has 0 fully saturated rings. The molecule has 0 heterocycles. The number of hydrogen-bond donors (Lipinski definition) is 1. The van der Waals surface area contributed by atoms with E-state index in [-0.39, 0.29) is 18.7 Å². The molecule has 8 heteroatoms. The molecular weight excluding hydrogens is 260 g/mol. The quantitative estimate of drug-likeness (QED) is 0.603. The van der Waals surface area contributed by atoms with E-state index in [0.29, 0.717) is 0 Å². The molecule has 0 bridgehead atoms. The van der Waals surface area contributed by atoms with Gasteiger partial charge < -0.3 is 9.87 Å². The first-order valence-corrected chi connectivity index (χ1v) is 5.58. The minimum Gasteiger partial charge on any atom is -0.772 e. The summed E-state index contributed by atoms with van der Waals surface area (Å²) in [5.74, 6) is -0.642. The number of carbonyl (C=O) groups excluding carboxylic acids is 1. The highest BCUT2D eigenvalue weighted by molar-refractivity contribution is 7.79. The molecule has 0 radical (unpaired) electrons. The van der Waals surface area contributed by atoms with Gasteiger partial charge in [-0.2, -0.15) is 0 Å². The van der Waals surface area contributed by atoms with E-state index in [1.54, 1.807) is 0 Å². The summed E-state index contributed by atoms with van der Waals surface area (Å²) in [6, 6.07) is 0. The number of rotatable bonds is 4. The Labute approximate surface area is 93.2 Å². The van der Waals surface area contributed by atoms with Crippen molar-refractivity contribution in [1.82, 2.24) is 5.32 Å². The second-order valence-electron chi connectivity index (χ2n) is 2.15. The van der Waals surface area contributed by atoms with Crippen LogP contribution in [0.15, 0.2) is 0 Å². The van der Waals surface area contributed by atoms with E-state index < -0.39 is 20.8 Å². The van der Waals surface area contributed by atoms with Crippen LogP contribution in [0.5, 0.6) is 0 Å². The van der Waals surface area contributed by atoms with Crippen molar-refractivity contribution >= 4 is 51.8 Å². The lowest BCUT2D eigenvalue weighted by atomic mass is 10.4. The predicted octanol–water partition coefficient (Wildman–Crippen LogP) is 0.742. The largest absolute Gasteiger partial charge is 0.772 e. The zero-order valence-electron chi connectivity index (χ0n) is 6.39. The summed E-state index contributed by atoms with van der Waals surface area (Å²) in [4.78, 5) is 10.9. The molecule has 0 rings (SSSR count). The number of carbonyl (C=O) groups is 1. The Morgan fingerprint density at radius 1 is 1.46 bits per heavy atom. The van der Waals surface area contributed by atoms with Gasteiger partial charge >= 0.3 is 0 Å². The highest BCUT2D eigenvalue weighted by Gasteiger charge is 2.23. The van der Waals surface area contributed by atoms with Crippen LogP contribution in [-0.4, -0.2) is 30.8 Å². The SMILES string of the molecule is O=C(CC(Cl)(Cl)Cl)NCCS(=O)[O-]. The van der Waals surface area contributed by atoms with Gasteiger partial charge in [0.2, 0.25) is 5.91 Å². The maximum Gasteiger partial charge on any atom is 0.224 e. The molecule has 0 spiro atoms. The lowest BCUT2D eigenvalue weighted by molar-refractivity contribution is -0.120. The van der Waals surface area contributed by atoms with Crippen molar-refractivity contribution in [1.29, 1.82) is 0 Å². The van der Waals surface area contributed by atoms with Gasteiger partial charge in [0.15, 0.2) is 3.79 Å². The molecular formula is C5H7Cl3NO3S-. The van der Waals surface area contributed by atoms with Crippen molar-refractivity contribution in [3.05, 3.63) is 0 Å². The smallest absolute Gasteiger partial charge is 0.224 e. The highest BCUT2D eigenvalue weighted by atomic mass is 35.6. The molecule has 0 aliphatic rings. The summed E-state index contributed by atoms with van der Waals surface area (Å²) in [6.45, 7) is 0.0235. The maximum absolute atomic E-state index is 10.9. The topological polar surface area (TPSA) is 69.2 Å². The Hall–Kier alpha value is 0.450. The Balaban J connectivity index is 3.59. The molecule has 1 atom stereocenters. The van der Waals surface area contributed by atoms with E-state index in [9.17, 15) is 13.6 Å². The highest BCUT2D eigenvalue weighted by Crippen LogP contribution is 2.29. The number of amides is 1. The minimum atomic E-state index is -2.17. The molecule has 1 amide bonds. The van der Waals surface area contributed by atoms with Crippen LogP contribution in [0.2, 0.25) is 0 Å². The van der Waals surface area contributed by atoms with E-state index in [0.717, 1.165) is 0 Å². The molecule has 4 nitrogen and oxygen atoms in total. The predicted molar refractivity (Wildman–Crippen MR) is 51.7 cm³/mol. The van der Waals surface area contributed by atoms with Gasteiger partial charge in [-0.1, -0.05) is 45.9 Å². The number of hydrogen-bond acceptors (Lipinski definition) is 3. The fourth-order valence-corrected chi connectivity index (χ4v) is 1.15. The van der Waals surface area contributed by atoms with Gasteiger partial charge in [-0.15, -0.1) is 0 Å². The lowest BCUT2D eigenvalue weighted by Crippen LogP contribution is -2.30. The maximum atomic E-state index is 10.9. The first kappa shape index (κ1) is 13.4. The van der Waals surface area contributed by atoms with Gasteiger partial charge in [0.05, 0.1) is 6.42 Å². The molecule has 78 valence electrons. The Morgan fingerprint density at radius 2 is 2.00 bits per heavy atom. The van der Waals surface area contributed by atoms with Crippen molar-refractivity contribution < 1.29 is 13.6 Å². The average molecular weight is 268 g/mol. The third-order valence-electron chi connectivity index (χ3n) is 0.952. The van der Waals surface area contributed by atoms with Gasteiger partial charge in [0.1, 0.15) is 0 Å². The molecule has 0 aromatic rings. The summed E-state index contributed by atoms with van der Waals surface area (Å²) in [5, 5.41) is 2.29. The fraction of sp³-hybridized carbons (Fsp3) is 0.800. The van der Waals surface area contributed by atoms with E-state index in [2.05, 4.69) is 5.32 Å². The minimum absolute atomic E-state index is 0.0235. The van der Waals surface area contributed by atoms with Gasteiger partial charge in [0, 0.05) is 12.3 Å². The van der Waals surface area contributed by atoms with Crippen LogP contribution in [-0.2, 0) is 15.9 Å². The number of halogens is 3. The average Bonchev–Trinajstić information content (AvgIpc) is 1.81. The molecule has 0 aromatic carbocycles. The van der Waals surface area contributed by atoms with Gasteiger partial charge in [0.25, 0.3) is 0 Å². The number of alkyl halides is 3. The lowest BCUT2D eigenvalue weighted by Gasteiger charge is -2.11. The summed E-state index contributed by atoms with van der Waals surface area (Å²) in [7, 11) is 0. The zero-order valence-corrected chi connectivity index (χ0v) is 9.47. The van der Waals surface area contributed by atoms with Crippen LogP contribution in [0.25, 0.3) is 0 Å². The zero-order chi connectivity index (χ0) is 10.5. The van der Waals surface area contributed by atoms with Crippen LogP contribution in [0, 0.1) is 0 Å². The fourth-order valence-electron chi connectivity index (χ4n) is 0.518. The summed E-state index contributed by atoms with van der Waals surface area (Å²) >= 11 is 13.8. The third-order valence-corrected chi connectivity index (χ3v) is 1.89. The summed E-state index contributed by atoms with van der Waals surface area (Å²) in [6.07, 6.45) is -0.289. The molecule has 13 heavy (non-hydrogen) atoms. The normalized spacial score (nSPS) is 13.8. The molecule has 0 aliphatic heterocycles. The van der Waals surface area contributed by atoms with E-state index >= 15 is 0 Å². The van der Waals surface area contributed by atoms with Gasteiger partial charge in [-0.05, 0) is 0 Å². The van der Waals surface area contributed by atoms with Crippen LogP contribution in [0.4, 0.5) is 0 Å². The molecule has 0 aliphatic carbocycles. The van der Waals surface area contributed by atoms with Gasteiger partial charge in [-0.25, -0.2) is 0 Å². The first-order valence-electron chi connectivity index (χ1n) is 3.20. The molecule has 0 saturated carbocycles. The molecule has 0 saturated heterocycles. The van der Waals surface area contributed by atoms with Crippen molar-refractivity contribution in [3.8, 4) is 0 Å².